The summed E-state index contributed by atoms with van der Waals surface area (Å²) in [5.41, 5.74) is -0.337. The van der Waals surface area contributed by atoms with Crippen LogP contribution in [-0.2, 0) is 12.7 Å². The normalized spacial score (nSPS) is 16.5. The molecule has 19 heavy (non-hydrogen) atoms. The van der Waals surface area contributed by atoms with Crippen molar-refractivity contribution in [3.05, 3.63) is 29.3 Å². The SMILES string of the molecule is N#CSc1ccc(CN2CCCC2)c(C(F)(F)F)c1. The van der Waals surface area contributed by atoms with Crippen LogP contribution in [0.25, 0.3) is 0 Å². The Morgan fingerprint density at radius 2 is 1.95 bits per heavy atom. The predicted molar refractivity (Wildman–Crippen MR) is 67.4 cm³/mol. The van der Waals surface area contributed by atoms with Crippen molar-refractivity contribution in [1.82, 2.24) is 4.90 Å². The van der Waals surface area contributed by atoms with Gasteiger partial charge in [-0.25, -0.2) is 0 Å². The molecule has 0 bridgehead atoms. The van der Waals surface area contributed by atoms with Crippen molar-refractivity contribution in [3.63, 3.8) is 0 Å². The summed E-state index contributed by atoms with van der Waals surface area (Å²) in [4.78, 5) is 2.36. The van der Waals surface area contributed by atoms with Gasteiger partial charge in [-0.1, -0.05) is 6.07 Å². The molecule has 1 fully saturated rings. The van der Waals surface area contributed by atoms with Crippen molar-refractivity contribution in [2.75, 3.05) is 13.1 Å². The molecule has 2 rings (SSSR count). The summed E-state index contributed by atoms with van der Waals surface area (Å²) >= 11 is 0.749. The van der Waals surface area contributed by atoms with E-state index < -0.39 is 11.7 Å². The number of rotatable bonds is 3. The van der Waals surface area contributed by atoms with E-state index in [2.05, 4.69) is 0 Å². The minimum absolute atomic E-state index is 0.289. The highest BCUT2D eigenvalue weighted by atomic mass is 32.2. The zero-order chi connectivity index (χ0) is 13.9. The third-order valence-electron chi connectivity index (χ3n) is 3.14. The molecule has 0 spiro atoms. The standard InChI is InChI=1S/C13H13F3N2S/c14-13(15,16)12-7-11(19-9-17)4-3-10(12)8-18-5-1-2-6-18/h3-4,7H,1-2,5-6,8H2. The average molecular weight is 286 g/mol. The van der Waals surface area contributed by atoms with Gasteiger partial charge in [0.15, 0.2) is 0 Å². The molecule has 0 unspecified atom stereocenters. The van der Waals surface area contributed by atoms with Gasteiger partial charge in [-0.2, -0.15) is 18.4 Å². The Labute approximate surface area is 114 Å². The molecule has 1 aliphatic rings. The third-order valence-corrected chi connectivity index (χ3v) is 3.72. The quantitative estimate of drug-likeness (QED) is 0.623. The first-order valence-corrected chi connectivity index (χ1v) is 6.81. The highest BCUT2D eigenvalue weighted by Gasteiger charge is 2.34. The molecule has 0 saturated carbocycles. The monoisotopic (exact) mass is 286 g/mol. The summed E-state index contributed by atoms with van der Waals surface area (Å²) in [6.07, 6.45) is -2.28. The molecule has 0 aliphatic carbocycles. The second-order valence-corrected chi connectivity index (χ2v) is 5.35. The van der Waals surface area contributed by atoms with Crippen LogP contribution in [-0.4, -0.2) is 18.0 Å². The van der Waals surface area contributed by atoms with Crippen LogP contribution in [0.4, 0.5) is 13.2 Å². The van der Waals surface area contributed by atoms with Crippen LogP contribution < -0.4 is 0 Å². The topological polar surface area (TPSA) is 27.0 Å². The lowest BCUT2D eigenvalue weighted by Gasteiger charge is -2.19. The maximum atomic E-state index is 13.0. The van der Waals surface area contributed by atoms with Crippen molar-refractivity contribution in [2.24, 2.45) is 0 Å². The number of hydrogen-bond acceptors (Lipinski definition) is 3. The fourth-order valence-corrected chi connectivity index (χ4v) is 2.67. The van der Waals surface area contributed by atoms with Gasteiger partial charge in [-0.15, -0.1) is 0 Å². The minimum Gasteiger partial charge on any atom is -0.299 e. The number of likely N-dealkylation sites (tertiary alicyclic amines) is 1. The van der Waals surface area contributed by atoms with Crippen molar-refractivity contribution < 1.29 is 13.2 Å². The molecule has 1 aromatic carbocycles. The number of hydrogen-bond donors (Lipinski definition) is 0. The number of nitriles is 1. The number of benzene rings is 1. The van der Waals surface area contributed by atoms with Gasteiger partial charge in [0.2, 0.25) is 0 Å². The first-order valence-electron chi connectivity index (χ1n) is 5.99. The zero-order valence-corrected chi connectivity index (χ0v) is 11.0. The van der Waals surface area contributed by atoms with Gasteiger partial charge in [0.1, 0.15) is 5.40 Å². The molecule has 0 radical (unpaired) electrons. The number of nitrogens with zero attached hydrogens (tertiary/aromatic N) is 2. The highest BCUT2D eigenvalue weighted by molar-refractivity contribution is 8.03. The Morgan fingerprint density at radius 1 is 1.26 bits per heavy atom. The molecule has 1 saturated heterocycles. The maximum Gasteiger partial charge on any atom is 0.416 e. The van der Waals surface area contributed by atoms with Crippen LogP contribution in [0.1, 0.15) is 24.0 Å². The van der Waals surface area contributed by atoms with E-state index in [1.807, 2.05) is 4.90 Å². The Morgan fingerprint density at radius 3 is 2.53 bits per heavy atom. The fourth-order valence-electron chi connectivity index (χ4n) is 2.26. The molecule has 1 aliphatic heterocycles. The van der Waals surface area contributed by atoms with Crippen molar-refractivity contribution >= 4 is 11.8 Å². The predicted octanol–water partition coefficient (Wildman–Crippen LogP) is 3.87. The second kappa shape index (κ2) is 5.85. The van der Waals surface area contributed by atoms with Crippen LogP contribution in [0.5, 0.6) is 0 Å². The Hall–Kier alpha value is -1.19. The van der Waals surface area contributed by atoms with E-state index in [-0.39, 0.29) is 5.56 Å². The van der Waals surface area contributed by atoms with Crippen LogP contribution in [0.15, 0.2) is 23.1 Å². The van der Waals surface area contributed by atoms with Crippen LogP contribution in [0.2, 0.25) is 0 Å². The summed E-state index contributed by atoms with van der Waals surface area (Å²) in [7, 11) is 0. The first kappa shape index (κ1) is 14.2. The molecule has 2 nitrogen and oxygen atoms in total. The smallest absolute Gasteiger partial charge is 0.299 e. The van der Waals surface area contributed by atoms with Gasteiger partial charge < -0.3 is 0 Å². The van der Waals surface area contributed by atoms with Gasteiger partial charge in [0, 0.05) is 11.4 Å². The molecule has 1 heterocycles. The van der Waals surface area contributed by atoms with Crippen LogP contribution in [0.3, 0.4) is 0 Å². The lowest BCUT2D eigenvalue weighted by atomic mass is 10.1. The molecule has 0 atom stereocenters. The molecule has 0 aromatic heterocycles. The fraction of sp³-hybridized carbons (Fsp3) is 0.462. The lowest BCUT2D eigenvalue weighted by molar-refractivity contribution is -0.138. The molecular formula is C13H13F3N2S. The molecule has 0 N–H and O–H groups in total. The van der Waals surface area contributed by atoms with Gasteiger partial charge in [-0.05, 0) is 55.4 Å². The molecule has 102 valence electrons. The number of alkyl halides is 3. The minimum atomic E-state index is -4.37. The van der Waals surface area contributed by atoms with E-state index in [0.717, 1.165) is 43.8 Å². The van der Waals surface area contributed by atoms with Gasteiger partial charge >= 0.3 is 6.18 Å². The van der Waals surface area contributed by atoms with Crippen molar-refractivity contribution in [2.45, 2.75) is 30.5 Å². The van der Waals surface area contributed by atoms with Crippen molar-refractivity contribution in [3.8, 4) is 5.40 Å². The number of thiocyanates is 1. The molecule has 0 amide bonds. The van der Waals surface area contributed by atoms with E-state index in [0.29, 0.717) is 11.4 Å². The van der Waals surface area contributed by atoms with Gasteiger partial charge in [0.05, 0.1) is 5.56 Å². The largest absolute Gasteiger partial charge is 0.416 e. The van der Waals surface area contributed by atoms with E-state index in [1.165, 1.54) is 6.07 Å². The second-order valence-electron chi connectivity index (χ2n) is 4.49. The summed E-state index contributed by atoms with van der Waals surface area (Å²) in [5.74, 6) is 0. The van der Waals surface area contributed by atoms with Crippen LogP contribution >= 0.6 is 11.8 Å². The summed E-state index contributed by atoms with van der Waals surface area (Å²) in [6, 6.07) is 4.13. The number of thioether (sulfide) groups is 1. The van der Waals surface area contributed by atoms with Gasteiger partial charge in [-0.3, -0.25) is 4.90 Å². The summed E-state index contributed by atoms with van der Waals surface area (Å²) < 4.78 is 39.1. The third kappa shape index (κ3) is 3.64. The van der Waals surface area contributed by atoms with E-state index >= 15 is 0 Å². The lowest BCUT2D eigenvalue weighted by Crippen LogP contribution is -2.21. The summed E-state index contributed by atoms with van der Waals surface area (Å²) in [6.45, 7) is 2.03. The highest BCUT2D eigenvalue weighted by Crippen LogP contribution is 2.35. The summed E-state index contributed by atoms with van der Waals surface area (Å²) in [5, 5.41) is 10.3. The van der Waals surface area contributed by atoms with E-state index in [9.17, 15) is 13.2 Å². The molecule has 1 aromatic rings. The average Bonchev–Trinajstić information content (AvgIpc) is 2.83. The van der Waals surface area contributed by atoms with E-state index in [4.69, 9.17) is 5.26 Å². The Kier molecular flexibility index (Phi) is 4.38. The van der Waals surface area contributed by atoms with Crippen LogP contribution in [0, 0.1) is 10.7 Å². The molecular weight excluding hydrogens is 273 g/mol. The first-order chi connectivity index (χ1) is 9.00. The molecule has 6 heteroatoms. The zero-order valence-electron chi connectivity index (χ0n) is 10.2. The van der Waals surface area contributed by atoms with Gasteiger partial charge in [0.25, 0.3) is 0 Å². The Bertz CT molecular complexity index is 488. The maximum absolute atomic E-state index is 13.0. The Balaban J connectivity index is 2.28. The number of halogens is 3. The van der Waals surface area contributed by atoms with Crippen molar-refractivity contribution in [1.29, 1.82) is 5.26 Å². The van der Waals surface area contributed by atoms with E-state index in [1.54, 1.807) is 11.5 Å².